The van der Waals surface area contributed by atoms with E-state index in [4.69, 9.17) is 9.52 Å². The summed E-state index contributed by atoms with van der Waals surface area (Å²) in [6, 6.07) is 9.12. The Bertz CT molecular complexity index is 903. The van der Waals surface area contributed by atoms with Crippen LogP contribution in [0.15, 0.2) is 41.0 Å². The van der Waals surface area contributed by atoms with Crippen molar-refractivity contribution in [2.45, 2.75) is 38.3 Å². The van der Waals surface area contributed by atoms with E-state index in [-0.39, 0.29) is 30.2 Å². The number of anilines is 1. The zero-order chi connectivity index (χ0) is 19.0. The maximum Gasteiger partial charge on any atom is 0.306 e. The van der Waals surface area contributed by atoms with Crippen molar-refractivity contribution in [1.29, 1.82) is 0 Å². The van der Waals surface area contributed by atoms with Crippen LogP contribution in [0.5, 0.6) is 0 Å². The lowest BCUT2D eigenvalue weighted by Crippen LogP contribution is -2.34. The number of para-hydroxylation sites is 1. The summed E-state index contributed by atoms with van der Waals surface area (Å²) in [4.78, 5) is 37.7. The summed E-state index contributed by atoms with van der Waals surface area (Å²) >= 11 is 0. The van der Waals surface area contributed by atoms with E-state index in [1.165, 1.54) is 6.26 Å². The maximum atomic E-state index is 12.6. The van der Waals surface area contributed by atoms with Gasteiger partial charge in [-0.05, 0) is 37.0 Å². The van der Waals surface area contributed by atoms with Gasteiger partial charge < -0.3 is 19.7 Å². The number of carbonyl (C=O) groups is 3. The molecule has 0 bridgehead atoms. The molecule has 27 heavy (non-hydrogen) atoms. The Kier molecular flexibility index (Phi) is 4.43. The third-order valence-corrected chi connectivity index (χ3v) is 5.32. The lowest BCUT2D eigenvalue weighted by molar-refractivity contribution is -0.141. The van der Waals surface area contributed by atoms with Gasteiger partial charge in [-0.1, -0.05) is 18.2 Å². The molecule has 1 saturated carbocycles. The molecule has 2 aliphatic rings. The van der Waals surface area contributed by atoms with Crippen molar-refractivity contribution >= 4 is 23.5 Å². The van der Waals surface area contributed by atoms with E-state index in [2.05, 4.69) is 5.32 Å². The van der Waals surface area contributed by atoms with Gasteiger partial charge in [0, 0.05) is 17.3 Å². The van der Waals surface area contributed by atoms with Crippen molar-refractivity contribution in [3.63, 3.8) is 0 Å². The number of carbonyl (C=O) groups excluding carboxylic acids is 2. The van der Waals surface area contributed by atoms with Gasteiger partial charge in [0.05, 0.1) is 25.1 Å². The summed E-state index contributed by atoms with van der Waals surface area (Å²) in [5.41, 5.74) is 2.46. The Morgan fingerprint density at radius 2 is 2.04 bits per heavy atom. The van der Waals surface area contributed by atoms with E-state index in [1.54, 1.807) is 11.0 Å². The number of aliphatic carboxylic acids is 1. The standard InChI is InChI=1S/C20H20N2O5/c23-17-10-12-3-1-2-4-16(12)22(17)11-14-7-8-27-18(14)19(24)21-15-6-5-13(9-15)20(25)26/h1-4,7-8,13,15H,5-6,9-11H2,(H,21,24)(H,25,26)/t13-,15+/m0/s1. The molecule has 1 aliphatic heterocycles. The van der Waals surface area contributed by atoms with Crippen LogP contribution in [0.25, 0.3) is 0 Å². The molecule has 7 heteroatoms. The van der Waals surface area contributed by atoms with Crippen LogP contribution >= 0.6 is 0 Å². The Morgan fingerprint density at radius 3 is 2.81 bits per heavy atom. The Balaban J connectivity index is 1.46. The Hall–Kier alpha value is -3.09. The van der Waals surface area contributed by atoms with Gasteiger partial charge in [-0.3, -0.25) is 14.4 Å². The lowest BCUT2D eigenvalue weighted by Gasteiger charge is -2.18. The van der Waals surface area contributed by atoms with E-state index in [0.717, 1.165) is 11.3 Å². The van der Waals surface area contributed by atoms with Gasteiger partial charge in [0.15, 0.2) is 5.76 Å². The Morgan fingerprint density at radius 1 is 1.22 bits per heavy atom. The highest BCUT2D eigenvalue weighted by Crippen LogP contribution is 2.31. The van der Waals surface area contributed by atoms with E-state index in [9.17, 15) is 14.4 Å². The topological polar surface area (TPSA) is 99.8 Å². The van der Waals surface area contributed by atoms with E-state index >= 15 is 0 Å². The number of furan rings is 1. The highest BCUT2D eigenvalue weighted by atomic mass is 16.4. The van der Waals surface area contributed by atoms with Crippen LogP contribution in [0.1, 0.15) is 40.9 Å². The van der Waals surface area contributed by atoms with Gasteiger partial charge in [0.25, 0.3) is 5.91 Å². The fourth-order valence-electron chi connectivity index (χ4n) is 3.91. The fraction of sp³-hybridized carbons (Fsp3) is 0.350. The number of fused-ring (bicyclic) bond motifs is 1. The predicted molar refractivity (Wildman–Crippen MR) is 96.3 cm³/mol. The zero-order valence-electron chi connectivity index (χ0n) is 14.7. The summed E-state index contributed by atoms with van der Waals surface area (Å²) in [5, 5.41) is 12.0. The molecular weight excluding hydrogens is 348 g/mol. The summed E-state index contributed by atoms with van der Waals surface area (Å²) in [6.45, 7) is 0.261. The van der Waals surface area contributed by atoms with Crippen LogP contribution in [-0.4, -0.2) is 28.9 Å². The molecule has 0 unspecified atom stereocenters. The van der Waals surface area contributed by atoms with E-state index in [1.807, 2.05) is 24.3 Å². The van der Waals surface area contributed by atoms with Gasteiger partial charge in [-0.2, -0.15) is 0 Å². The minimum Gasteiger partial charge on any atom is -0.481 e. The molecule has 2 atom stereocenters. The first kappa shape index (κ1) is 17.3. The van der Waals surface area contributed by atoms with Crippen molar-refractivity contribution in [2.24, 2.45) is 5.92 Å². The number of benzene rings is 1. The van der Waals surface area contributed by atoms with Crippen LogP contribution < -0.4 is 10.2 Å². The number of rotatable bonds is 5. The first-order valence-corrected chi connectivity index (χ1v) is 9.01. The van der Waals surface area contributed by atoms with Crippen molar-refractivity contribution in [3.8, 4) is 0 Å². The highest BCUT2D eigenvalue weighted by molar-refractivity contribution is 6.01. The monoisotopic (exact) mass is 368 g/mol. The van der Waals surface area contributed by atoms with Crippen molar-refractivity contribution in [2.75, 3.05) is 4.90 Å². The molecule has 4 rings (SSSR count). The Labute approximate surface area is 156 Å². The SMILES string of the molecule is O=C(N[C@@H]1CC[C@H](C(=O)O)C1)c1occc1CN1C(=O)Cc2ccccc21. The normalized spacial score (nSPS) is 21.3. The minimum atomic E-state index is -0.823. The number of hydrogen-bond donors (Lipinski definition) is 2. The largest absolute Gasteiger partial charge is 0.481 e. The molecule has 1 aliphatic carbocycles. The molecule has 2 aromatic rings. The molecule has 140 valence electrons. The summed E-state index contributed by atoms with van der Waals surface area (Å²) < 4.78 is 5.38. The number of nitrogens with zero attached hydrogens (tertiary/aromatic N) is 1. The van der Waals surface area contributed by atoms with Gasteiger partial charge in [-0.15, -0.1) is 0 Å². The number of hydrogen-bond acceptors (Lipinski definition) is 4. The first-order valence-electron chi connectivity index (χ1n) is 9.01. The number of carboxylic acids is 1. The van der Waals surface area contributed by atoms with Crippen LogP contribution in [0.3, 0.4) is 0 Å². The third-order valence-electron chi connectivity index (χ3n) is 5.32. The molecule has 0 spiro atoms. The van der Waals surface area contributed by atoms with Crippen LogP contribution in [0.4, 0.5) is 5.69 Å². The molecule has 2 heterocycles. The second-order valence-corrected chi connectivity index (χ2v) is 7.08. The molecular formula is C20H20N2O5. The van der Waals surface area contributed by atoms with E-state index in [0.29, 0.717) is 31.2 Å². The predicted octanol–water partition coefficient (Wildman–Crippen LogP) is 2.35. The summed E-state index contributed by atoms with van der Waals surface area (Å²) in [6.07, 6.45) is 3.41. The third kappa shape index (κ3) is 3.32. The second-order valence-electron chi connectivity index (χ2n) is 7.08. The molecule has 7 nitrogen and oxygen atoms in total. The van der Waals surface area contributed by atoms with Crippen molar-refractivity contribution < 1.29 is 23.9 Å². The lowest BCUT2D eigenvalue weighted by atomic mass is 10.1. The van der Waals surface area contributed by atoms with Gasteiger partial charge in [0.2, 0.25) is 5.91 Å². The van der Waals surface area contributed by atoms with Crippen molar-refractivity contribution in [1.82, 2.24) is 5.32 Å². The summed E-state index contributed by atoms with van der Waals surface area (Å²) in [7, 11) is 0. The van der Waals surface area contributed by atoms with Crippen LogP contribution in [0.2, 0.25) is 0 Å². The first-order chi connectivity index (χ1) is 13.0. The average Bonchev–Trinajstić information content (AvgIpc) is 3.35. The molecule has 1 fully saturated rings. The number of nitrogens with one attached hydrogen (secondary N) is 1. The summed E-state index contributed by atoms with van der Waals surface area (Å²) in [5.74, 6) is -1.44. The number of carboxylic acid groups (broad SMARTS) is 1. The van der Waals surface area contributed by atoms with Crippen molar-refractivity contribution in [3.05, 3.63) is 53.5 Å². The highest BCUT2D eigenvalue weighted by Gasteiger charge is 2.32. The molecule has 2 N–H and O–H groups in total. The van der Waals surface area contributed by atoms with Gasteiger partial charge >= 0.3 is 5.97 Å². The molecule has 1 aromatic heterocycles. The van der Waals surface area contributed by atoms with Crippen LogP contribution in [0, 0.1) is 5.92 Å². The zero-order valence-corrected chi connectivity index (χ0v) is 14.7. The molecule has 0 saturated heterocycles. The smallest absolute Gasteiger partial charge is 0.306 e. The number of amides is 2. The second kappa shape index (κ2) is 6.90. The van der Waals surface area contributed by atoms with E-state index < -0.39 is 11.9 Å². The molecule has 0 radical (unpaired) electrons. The average molecular weight is 368 g/mol. The van der Waals surface area contributed by atoms with Gasteiger partial charge in [0.1, 0.15) is 0 Å². The molecule has 1 aromatic carbocycles. The van der Waals surface area contributed by atoms with Gasteiger partial charge in [-0.25, -0.2) is 0 Å². The fourth-order valence-corrected chi connectivity index (χ4v) is 3.91. The molecule has 2 amide bonds. The minimum absolute atomic E-state index is 0.0103. The van der Waals surface area contributed by atoms with Crippen LogP contribution in [-0.2, 0) is 22.6 Å². The maximum absolute atomic E-state index is 12.6. The quantitative estimate of drug-likeness (QED) is 0.844.